The van der Waals surface area contributed by atoms with Gasteiger partial charge in [0, 0.05) is 13.1 Å². The normalized spacial score (nSPS) is 20.9. The maximum absolute atomic E-state index is 13.8. The second-order valence-electron chi connectivity index (χ2n) is 4.70. The van der Waals surface area contributed by atoms with Gasteiger partial charge in [0.05, 0.1) is 0 Å². The molecular formula is C12H16F2N2O2S. The van der Waals surface area contributed by atoms with Gasteiger partial charge in [-0.15, -0.1) is 0 Å². The Kier molecular flexibility index (Phi) is 3.78. The number of nitrogen functional groups attached to an aromatic ring is 1. The summed E-state index contributed by atoms with van der Waals surface area (Å²) in [5, 5.41) is 0. The molecule has 1 heterocycles. The molecule has 4 nitrogen and oxygen atoms in total. The molecule has 1 unspecified atom stereocenters. The summed E-state index contributed by atoms with van der Waals surface area (Å²) in [5.41, 5.74) is 4.44. The lowest BCUT2D eigenvalue weighted by Gasteiger charge is -2.17. The van der Waals surface area contributed by atoms with E-state index in [-0.39, 0.29) is 5.92 Å². The Hall–Kier alpha value is -1.21. The number of hydrogen-bond acceptors (Lipinski definition) is 3. The molecule has 1 atom stereocenters. The zero-order valence-corrected chi connectivity index (χ0v) is 11.4. The number of benzene rings is 1. The number of rotatable bonds is 3. The number of hydrogen-bond donors (Lipinski definition) is 1. The quantitative estimate of drug-likeness (QED) is 0.866. The predicted molar refractivity (Wildman–Crippen MR) is 67.9 cm³/mol. The molecule has 0 bridgehead atoms. The maximum Gasteiger partial charge on any atom is 0.246 e. The largest absolute Gasteiger partial charge is 0.394 e. The third kappa shape index (κ3) is 2.44. The van der Waals surface area contributed by atoms with Crippen LogP contribution in [0.2, 0.25) is 0 Å². The highest BCUT2D eigenvalue weighted by atomic mass is 32.2. The molecule has 1 aromatic rings. The van der Waals surface area contributed by atoms with Crippen molar-refractivity contribution in [3.8, 4) is 0 Å². The van der Waals surface area contributed by atoms with Crippen LogP contribution in [0.25, 0.3) is 0 Å². The number of anilines is 1. The summed E-state index contributed by atoms with van der Waals surface area (Å²) in [6.45, 7) is 2.71. The van der Waals surface area contributed by atoms with E-state index >= 15 is 0 Å². The Bertz CT molecular complexity index is 590. The Morgan fingerprint density at radius 3 is 2.68 bits per heavy atom. The third-order valence-electron chi connectivity index (χ3n) is 3.53. The molecule has 0 radical (unpaired) electrons. The Morgan fingerprint density at radius 2 is 2.11 bits per heavy atom. The topological polar surface area (TPSA) is 63.4 Å². The molecule has 1 saturated heterocycles. The van der Waals surface area contributed by atoms with Crippen LogP contribution in [0.3, 0.4) is 0 Å². The first-order valence-corrected chi connectivity index (χ1v) is 7.55. The van der Waals surface area contributed by atoms with Gasteiger partial charge in [-0.3, -0.25) is 0 Å². The molecule has 1 fully saturated rings. The molecular weight excluding hydrogens is 274 g/mol. The van der Waals surface area contributed by atoms with Crippen LogP contribution in [-0.2, 0) is 10.0 Å². The molecule has 19 heavy (non-hydrogen) atoms. The summed E-state index contributed by atoms with van der Waals surface area (Å²) in [7, 11) is -3.94. The van der Waals surface area contributed by atoms with Crippen molar-refractivity contribution in [3.63, 3.8) is 0 Å². The monoisotopic (exact) mass is 290 g/mol. The molecule has 0 saturated carbocycles. The van der Waals surface area contributed by atoms with Crippen LogP contribution in [0.4, 0.5) is 14.5 Å². The minimum absolute atomic E-state index is 0.288. The van der Waals surface area contributed by atoms with Crippen LogP contribution in [-0.4, -0.2) is 25.8 Å². The second-order valence-corrected chi connectivity index (χ2v) is 6.61. The Balaban J connectivity index is 2.38. The zero-order valence-electron chi connectivity index (χ0n) is 10.6. The lowest BCUT2D eigenvalue weighted by atomic mass is 10.1. The van der Waals surface area contributed by atoms with Crippen molar-refractivity contribution in [1.29, 1.82) is 0 Å². The summed E-state index contributed by atoms with van der Waals surface area (Å²) in [6, 6.07) is 1.80. The van der Waals surface area contributed by atoms with Gasteiger partial charge in [0.15, 0.2) is 5.82 Å². The van der Waals surface area contributed by atoms with Crippen molar-refractivity contribution in [3.05, 3.63) is 23.8 Å². The van der Waals surface area contributed by atoms with Crippen molar-refractivity contribution >= 4 is 15.7 Å². The van der Waals surface area contributed by atoms with Crippen molar-refractivity contribution in [2.45, 2.75) is 24.7 Å². The highest BCUT2D eigenvalue weighted by Gasteiger charge is 2.34. The van der Waals surface area contributed by atoms with Crippen LogP contribution in [0, 0.1) is 17.6 Å². The third-order valence-corrected chi connectivity index (χ3v) is 5.42. The van der Waals surface area contributed by atoms with Crippen molar-refractivity contribution < 1.29 is 17.2 Å². The first kappa shape index (κ1) is 14.2. The van der Waals surface area contributed by atoms with E-state index in [1.165, 1.54) is 4.31 Å². The van der Waals surface area contributed by atoms with E-state index in [2.05, 4.69) is 0 Å². The van der Waals surface area contributed by atoms with Gasteiger partial charge < -0.3 is 5.73 Å². The molecule has 1 aromatic carbocycles. The van der Waals surface area contributed by atoms with Gasteiger partial charge in [0.25, 0.3) is 0 Å². The molecule has 0 aromatic heterocycles. The van der Waals surface area contributed by atoms with E-state index in [0.717, 1.165) is 25.0 Å². The van der Waals surface area contributed by atoms with Crippen molar-refractivity contribution in [2.24, 2.45) is 5.92 Å². The number of nitrogens with two attached hydrogens (primary N) is 1. The summed E-state index contributed by atoms with van der Waals surface area (Å²) >= 11 is 0. The minimum Gasteiger partial charge on any atom is -0.394 e. The number of halogens is 2. The van der Waals surface area contributed by atoms with Crippen LogP contribution < -0.4 is 5.73 Å². The van der Waals surface area contributed by atoms with Crippen molar-refractivity contribution in [1.82, 2.24) is 4.31 Å². The summed E-state index contributed by atoms with van der Waals surface area (Å²) in [4.78, 5) is -0.553. The fraction of sp³-hybridized carbons (Fsp3) is 0.500. The molecule has 7 heteroatoms. The number of nitrogens with zero attached hydrogens (tertiary/aromatic N) is 1. The Morgan fingerprint density at radius 1 is 1.42 bits per heavy atom. The summed E-state index contributed by atoms with van der Waals surface area (Å²) < 4.78 is 52.7. The summed E-state index contributed by atoms with van der Waals surface area (Å²) in [6.07, 6.45) is 1.63. The number of sulfonamides is 1. The van der Waals surface area contributed by atoms with Gasteiger partial charge in [-0.05, 0) is 24.5 Å². The van der Waals surface area contributed by atoms with Gasteiger partial charge in [0.2, 0.25) is 10.0 Å². The van der Waals surface area contributed by atoms with E-state index in [0.29, 0.717) is 13.1 Å². The fourth-order valence-electron chi connectivity index (χ4n) is 2.24. The maximum atomic E-state index is 13.8. The van der Waals surface area contributed by atoms with E-state index in [1.807, 2.05) is 6.92 Å². The molecule has 106 valence electrons. The SMILES string of the molecule is CCC1CCN(S(=O)(=O)c2ccc(F)c(N)c2F)C1. The van der Waals surface area contributed by atoms with E-state index in [9.17, 15) is 17.2 Å². The molecule has 0 spiro atoms. The first-order valence-electron chi connectivity index (χ1n) is 6.11. The molecule has 0 aliphatic carbocycles. The van der Waals surface area contributed by atoms with Gasteiger partial charge in [0.1, 0.15) is 16.4 Å². The fourth-order valence-corrected chi connectivity index (χ4v) is 3.84. The average molecular weight is 290 g/mol. The lowest BCUT2D eigenvalue weighted by molar-refractivity contribution is 0.447. The second kappa shape index (κ2) is 5.05. The molecule has 2 rings (SSSR count). The average Bonchev–Trinajstić information content (AvgIpc) is 2.85. The predicted octanol–water partition coefficient (Wildman–Crippen LogP) is 1.97. The highest BCUT2D eigenvalue weighted by Crippen LogP contribution is 2.29. The molecule has 2 N–H and O–H groups in total. The first-order chi connectivity index (χ1) is 8.87. The molecule has 0 amide bonds. The van der Waals surface area contributed by atoms with E-state index < -0.39 is 32.2 Å². The smallest absolute Gasteiger partial charge is 0.246 e. The van der Waals surface area contributed by atoms with Crippen molar-refractivity contribution in [2.75, 3.05) is 18.8 Å². The van der Waals surface area contributed by atoms with Gasteiger partial charge >= 0.3 is 0 Å². The zero-order chi connectivity index (χ0) is 14.2. The highest BCUT2D eigenvalue weighted by molar-refractivity contribution is 7.89. The minimum atomic E-state index is -3.94. The van der Waals surface area contributed by atoms with E-state index in [1.54, 1.807) is 0 Å². The Labute approximate surface area is 111 Å². The van der Waals surface area contributed by atoms with Gasteiger partial charge in [-0.2, -0.15) is 4.31 Å². The van der Waals surface area contributed by atoms with Crippen LogP contribution in [0.15, 0.2) is 17.0 Å². The van der Waals surface area contributed by atoms with Crippen LogP contribution >= 0.6 is 0 Å². The molecule has 1 aliphatic heterocycles. The van der Waals surface area contributed by atoms with Crippen LogP contribution in [0.1, 0.15) is 19.8 Å². The van der Waals surface area contributed by atoms with E-state index in [4.69, 9.17) is 5.73 Å². The summed E-state index contributed by atoms with van der Waals surface area (Å²) in [5.74, 6) is -1.88. The van der Waals surface area contributed by atoms with Gasteiger partial charge in [-0.25, -0.2) is 17.2 Å². The molecule has 1 aliphatic rings. The van der Waals surface area contributed by atoms with Gasteiger partial charge in [-0.1, -0.05) is 13.3 Å². The standard InChI is InChI=1S/C12H16F2N2O2S/c1-2-8-5-6-16(7-8)19(17,18)10-4-3-9(13)12(15)11(10)14/h3-4,8H,2,5-7,15H2,1H3. The van der Waals surface area contributed by atoms with Crippen LogP contribution in [0.5, 0.6) is 0 Å². The lowest BCUT2D eigenvalue weighted by Crippen LogP contribution is -2.29.